The highest BCUT2D eigenvalue weighted by atomic mass is 32.2. The Balaban J connectivity index is 1.17. The quantitative estimate of drug-likeness (QED) is 0.104. The Labute approximate surface area is 287 Å². The SMILES string of the molecule is NCCCC[C@@H](NC(=O)CNC(=O)COc1ccc(C2[C@@H](SC[C@H](O)c3ccc4c(c3)CCO4)C(=O)N2c2ccc(F)cc2)cc1)C(=O)O. The van der Waals surface area contributed by atoms with Crippen LogP contribution < -0.4 is 30.7 Å². The summed E-state index contributed by atoms with van der Waals surface area (Å²) in [5.41, 5.74) is 8.55. The van der Waals surface area contributed by atoms with E-state index in [0.717, 1.165) is 28.9 Å². The number of rotatable bonds is 17. The Morgan fingerprint density at radius 3 is 2.53 bits per heavy atom. The monoisotopic (exact) mass is 694 g/mol. The second-order valence-corrected chi connectivity index (χ2v) is 12.9. The van der Waals surface area contributed by atoms with Crippen LogP contribution in [0.3, 0.4) is 0 Å². The number of benzene rings is 3. The topological polar surface area (TPSA) is 181 Å². The highest BCUT2D eigenvalue weighted by Gasteiger charge is 2.49. The fourth-order valence-electron chi connectivity index (χ4n) is 5.68. The molecule has 0 aromatic heterocycles. The molecule has 12 nitrogen and oxygen atoms in total. The summed E-state index contributed by atoms with van der Waals surface area (Å²) in [4.78, 5) is 50.9. The third kappa shape index (κ3) is 9.08. The predicted octanol–water partition coefficient (Wildman–Crippen LogP) is 2.88. The molecule has 1 fully saturated rings. The maximum absolute atomic E-state index is 13.7. The number of nitrogens with two attached hydrogens (primary N) is 1. The number of carbonyl (C=O) groups excluding carboxylic acids is 3. The van der Waals surface area contributed by atoms with Gasteiger partial charge in [-0.25, -0.2) is 9.18 Å². The lowest BCUT2D eigenvalue weighted by Gasteiger charge is -2.47. The summed E-state index contributed by atoms with van der Waals surface area (Å²) in [5, 5.41) is 24.6. The summed E-state index contributed by atoms with van der Waals surface area (Å²) in [6.07, 6.45) is 1.40. The standard InChI is InChI=1S/C35H39FN4O8S/c36-24-7-9-25(10-8-24)40-32(33(34(40)44)49-20-28(41)22-6-13-29-23(17-22)14-16-47-29)21-4-11-26(12-5-21)48-19-31(43)38-18-30(42)39-27(35(45)46)3-1-2-15-37/h4-13,17,27-28,32-33,41H,1-3,14-16,18-20,37H2,(H,38,43)(H,39,42)(H,45,46)/t27-,28+,32?,33-/m1/s1. The lowest BCUT2D eigenvalue weighted by Crippen LogP contribution is -2.57. The van der Waals surface area contributed by atoms with Crippen LogP contribution in [0.25, 0.3) is 0 Å². The van der Waals surface area contributed by atoms with Crippen LogP contribution in [0.4, 0.5) is 10.1 Å². The van der Waals surface area contributed by atoms with Gasteiger partial charge in [0.15, 0.2) is 6.61 Å². The van der Waals surface area contributed by atoms with E-state index in [9.17, 15) is 33.8 Å². The van der Waals surface area contributed by atoms with Gasteiger partial charge in [0, 0.05) is 17.9 Å². The van der Waals surface area contributed by atoms with Crippen LogP contribution in [-0.4, -0.2) is 77.3 Å². The number of fused-ring (bicyclic) bond motifs is 1. The first-order valence-electron chi connectivity index (χ1n) is 16.0. The van der Waals surface area contributed by atoms with E-state index >= 15 is 0 Å². The molecule has 0 spiro atoms. The molecule has 3 amide bonds. The molecule has 49 heavy (non-hydrogen) atoms. The number of carboxylic acid groups (broad SMARTS) is 1. The molecule has 4 atom stereocenters. The number of carboxylic acids is 1. The average Bonchev–Trinajstić information content (AvgIpc) is 3.57. The minimum atomic E-state index is -1.16. The van der Waals surface area contributed by atoms with Gasteiger partial charge in [-0.1, -0.05) is 18.2 Å². The van der Waals surface area contributed by atoms with Gasteiger partial charge in [-0.3, -0.25) is 14.4 Å². The second-order valence-electron chi connectivity index (χ2n) is 11.7. The van der Waals surface area contributed by atoms with Crippen molar-refractivity contribution in [2.45, 2.75) is 49.1 Å². The number of aliphatic hydroxyl groups is 1. The van der Waals surface area contributed by atoms with E-state index in [1.54, 1.807) is 41.3 Å². The van der Waals surface area contributed by atoms with E-state index in [4.69, 9.17) is 15.2 Å². The van der Waals surface area contributed by atoms with Crippen LogP contribution >= 0.6 is 11.8 Å². The van der Waals surface area contributed by atoms with Crippen LogP contribution in [0.1, 0.15) is 48.1 Å². The molecular formula is C35H39FN4O8S. The maximum atomic E-state index is 13.7. The molecule has 0 aliphatic carbocycles. The molecule has 260 valence electrons. The first-order chi connectivity index (χ1) is 23.6. The lowest BCUT2D eigenvalue weighted by molar-refractivity contribution is -0.142. The van der Waals surface area contributed by atoms with Crippen molar-refractivity contribution in [1.82, 2.24) is 10.6 Å². The number of anilines is 1. The second kappa shape index (κ2) is 16.6. The van der Waals surface area contributed by atoms with Gasteiger partial charge in [0.05, 0.1) is 25.3 Å². The number of β-lactam (4-membered cyclic amide) rings is 1. The normalized spacial score (nSPS) is 17.7. The van der Waals surface area contributed by atoms with Crippen molar-refractivity contribution in [2.75, 3.05) is 37.0 Å². The lowest BCUT2D eigenvalue weighted by atomic mass is 9.92. The van der Waals surface area contributed by atoms with Crippen molar-refractivity contribution in [3.8, 4) is 11.5 Å². The minimum absolute atomic E-state index is 0.164. The zero-order valence-electron chi connectivity index (χ0n) is 26.7. The van der Waals surface area contributed by atoms with Gasteiger partial charge in [-0.2, -0.15) is 0 Å². The zero-order valence-corrected chi connectivity index (χ0v) is 27.5. The highest BCUT2D eigenvalue weighted by molar-refractivity contribution is 8.00. The molecule has 6 N–H and O–H groups in total. The Morgan fingerprint density at radius 1 is 1.06 bits per heavy atom. The molecule has 1 saturated heterocycles. The summed E-state index contributed by atoms with van der Waals surface area (Å²) in [7, 11) is 0. The Kier molecular flexibility index (Phi) is 12.1. The number of carbonyl (C=O) groups is 4. The number of hydrogen-bond acceptors (Lipinski definition) is 9. The number of unbranched alkanes of at least 4 members (excludes halogenated alkanes) is 1. The number of amides is 3. The summed E-state index contributed by atoms with van der Waals surface area (Å²) in [5.74, 6) is -1.49. The molecule has 3 aromatic rings. The number of halogens is 1. The first-order valence-corrected chi connectivity index (χ1v) is 17.0. The van der Waals surface area contributed by atoms with E-state index in [2.05, 4.69) is 10.6 Å². The molecule has 5 rings (SSSR count). The molecule has 0 bridgehead atoms. The van der Waals surface area contributed by atoms with Crippen LogP contribution in [0.2, 0.25) is 0 Å². The largest absolute Gasteiger partial charge is 0.493 e. The molecule has 0 saturated carbocycles. The molecule has 2 aliphatic heterocycles. The van der Waals surface area contributed by atoms with Crippen molar-refractivity contribution >= 4 is 41.1 Å². The van der Waals surface area contributed by atoms with E-state index in [1.807, 2.05) is 18.2 Å². The fourth-order valence-corrected chi connectivity index (χ4v) is 6.98. The summed E-state index contributed by atoms with van der Waals surface area (Å²) in [6, 6.07) is 16.7. The van der Waals surface area contributed by atoms with Gasteiger partial charge in [0.25, 0.3) is 5.91 Å². The van der Waals surface area contributed by atoms with Gasteiger partial charge in [-0.15, -0.1) is 11.8 Å². The van der Waals surface area contributed by atoms with E-state index in [-0.39, 0.29) is 24.7 Å². The molecule has 3 aromatic carbocycles. The van der Waals surface area contributed by atoms with Crippen molar-refractivity contribution in [1.29, 1.82) is 0 Å². The molecule has 2 aliphatic rings. The smallest absolute Gasteiger partial charge is 0.326 e. The van der Waals surface area contributed by atoms with Crippen molar-refractivity contribution in [2.24, 2.45) is 5.73 Å². The molecule has 2 heterocycles. The number of nitrogens with zero attached hydrogens (tertiary/aromatic N) is 1. The molecule has 1 unspecified atom stereocenters. The maximum Gasteiger partial charge on any atom is 0.326 e. The van der Waals surface area contributed by atoms with Gasteiger partial charge < -0.3 is 41.0 Å². The van der Waals surface area contributed by atoms with E-state index in [0.29, 0.717) is 37.4 Å². The Hall–Kier alpha value is -4.66. The van der Waals surface area contributed by atoms with Crippen LogP contribution in [0.5, 0.6) is 11.5 Å². The third-order valence-electron chi connectivity index (χ3n) is 8.30. The summed E-state index contributed by atoms with van der Waals surface area (Å²) in [6.45, 7) is 0.237. The number of aliphatic carboxylic acids is 1. The number of thioether (sulfide) groups is 1. The number of aliphatic hydroxyl groups excluding tert-OH is 1. The summed E-state index contributed by atoms with van der Waals surface area (Å²) < 4.78 is 24.8. The number of hydrogen-bond donors (Lipinski definition) is 5. The zero-order chi connectivity index (χ0) is 34.9. The van der Waals surface area contributed by atoms with Crippen molar-refractivity contribution in [3.05, 3.63) is 89.2 Å². The fraction of sp³-hybridized carbons (Fsp3) is 0.371. The van der Waals surface area contributed by atoms with Crippen molar-refractivity contribution in [3.63, 3.8) is 0 Å². The Morgan fingerprint density at radius 2 is 1.82 bits per heavy atom. The van der Waals surface area contributed by atoms with Crippen molar-refractivity contribution < 1.29 is 43.3 Å². The van der Waals surface area contributed by atoms with Gasteiger partial charge in [0.2, 0.25) is 11.8 Å². The van der Waals surface area contributed by atoms with E-state index in [1.165, 1.54) is 23.9 Å². The van der Waals surface area contributed by atoms with Crippen LogP contribution in [0.15, 0.2) is 66.7 Å². The summed E-state index contributed by atoms with van der Waals surface area (Å²) >= 11 is 1.35. The van der Waals surface area contributed by atoms with Gasteiger partial charge in [0.1, 0.15) is 28.6 Å². The number of nitrogens with one attached hydrogen (secondary N) is 2. The van der Waals surface area contributed by atoms with Gasteiger partial charge in [-0.05, 0) is 91.0 Å². The number of ether oxygens (including phenoxy) is 2. The molecule has 0 radical (unpaired) electrons. The highest BCUT2D eigenvalue weighted by Crippen LogP contribution is 2.46. The molecule has 14 heteroatoms. The van der Waals surface area contributed by atoms with Gasteiger partial charge >= 0.3 is 5.97 Å². The van der Waals surface area contributed by atoms with Crippen LogP contribution in [-0.2, 0) is 25.6 Å². The van der Waals surface area contributed by atoms with E-state index < -0.39 is 53.6 Å². The predicted molar refractivity (Wildman–Crippen MR) is 181 cm³/mol. The minimum Gasteiger partial charge on any atom is -0.493 e. The average molecular weight is 695 g/mol. The third-order valence-corrected chi connectivity index (χ3v) is 9.63. The Bertz CT molecular complexity index is 1640. The molecular weight excluding hydrogens is 655 g/mol. The van der Waals surface area contributed by atoms with Crippen LogP contribution in [0, 0.1) is 5.82 Å². The first kappa shape index (κ1) is 35.6.